The summed E-state index contributed by atoms with van der Waals surface area (Å²) in [7, 11) is -3.49. The Labute approximate surface area is 153 Å². The summed E-state index contributed by atoms with van der Waals surface area (Å²) >= 11 is 6.00. The number of aryl methyl sites for hydroxylation is 3. The Morgan fingerprint density at radius 2 is 1.84 bits per heavy atom. The van der Waals surface area contributed by atoms with E-state index in [1.54, 1.807) is 25.1 Å². The van der Waals surface area contributed by atoms with Crippen molar-refractivity contribution in [3.63, 3.8) is 0 Å². The van der Waals surface area contributed by atoms with E-state index < -0.39 is 10.0 Å². The van der Waals surface area contributed by atoms with Crippen molar-refractivity contribution >= 4 is 21.6 Å². The molecule has 0 spiro atoms. The van der Waals surface area contributed by atoms with Gasteiger partial charge in [-0.05, 0) is 44.5 Å². The lowest BCUT2D eigenvalue weighted by atomic mass is 10.2. The Balaban J connectivity index is 1.65. The number of nitrogens with zero attached hydrogens (tertiary/aromatic N) is 3. The number of rotatable bonds is 4. The van der Waals surface area contributed by atoms with Crippen LogP contribution in [0.25, 0.3) is 0 Å². The van der Waals surface area contributed by atoms with Gasteiger partial charge in [0.05, 0.1) is 17.1 Å². The fraction of sp³-hybridized carbons (Fsp3) is 0.471. The Morgan fingerprint density at radius 3 is 2.40 bits per heavy atom. The Kier molecular flexibility index (Phi) is 5.20. The van der Waals surface area contributed by atoms with Crippen LogP contribution >= 0.6 is 11.6 Å². The minimum atomic E-state index is -3.49. The van der Waals surface area contributed by atoms with Crippen LogP contribution in [0.5, 0.6) is 0 Å². The number of hydrogen-bond acceptors (Lipinski definition) is 5. The van der Waals surface area contributed by atoms with Crippen molar-refractivity contribution in [2.24, 2.45) is 0 Å². The molecule has 3 rings (SSSR count). The standard InChI is InChI=1S/C17H22ClN3O3S/c1-12-10-15(4-5-16(12)18)25(22,23)21-8-6-20(7-9-21)11-17-19-13(2)14(3)24-17/h4-5,10H,6-9,11H2,1-3H3. The Hall–Kier alpha value is -1.41. The van der Waals surface area contributed by atoms with Gasteiger partial charge in [0.1, 0.15) is 5.76 Å². The van der Waals surface area contributed by atoms with Gasteiger partial charge >= 0.3 is 0 Å². The average molecular weight is 384 g/mol. The summed E-state index contributed by atoms with van der Waals surface area (Å²) in [6, 6.07) is 4.82. The maximum atomic E-state index is 12.8. The molecule has 8 heteroatoms. The molecule has 0 atom stereocenters. The summed E-state index contributed by atoms with van der Waals surface area (Å²) in [5, 5.41) is 0.570. The van der Waals surface area contributed by atoms with Crippen LogP contribution in [-0.4, -0.2) is 48.8 Å². The molecule has 1 fully saturated rings. The second-order valence-corrected chi connectivity index (χ2v) is 8.69. The van der Waals surface area contributed by atoms with E-state index in [-0.39, 0.29) is 0 Å². The monoisotopic (exact) mass is 383 g/mol. The van der Waals surface area contributed by atoms with Gasteiger partial charge in [-0.2, -0.15) is 4.31 Å². The van der Waals surface area contributed by atoms with Crippen LogP contribution in [0, 0.1) is 20.8 Å². The van der Waals surface area contributed by atoms with Crippen LogP contribution in [0.4, 0.5) is 0 Å². The fourth-order valence-corrected chi connectivity index (χ4v) is 4.48. The van der Waals surface area contributed by atoms with Crippen LogP contribution in [0.1, 0.15) is 22.9 Å². The van der Waals surface area contributed by atoms with Gasteiger partial charge in [-0.15, -0.1) is 0 Å². The van der Waals surface area contributed by atoms with Gasteiger partial charge in [-0.1, -0.05) is 11.6 Å². The minimum Gasteiger partial charge on any atom is -0.444 e. The van der Waals surface area contributed by atoms with Gasteiger partial charge in [0.2, 0.25) is 15.9 Å². The van der Waals surface area contributed by atoms with Crippen molar-refractivity contribution in [1.82, 2.24) is 14.2 Å². The molecule has 25 heavy (non-hydrogen) atoms. The molecule has 0 radical (unpaired) electrons. The number of piperazine rings is 1. The van der Waals surface area contributed by atoms with Crippen LogP contribution in [0.3, 0.4) is 0 Å². The second-order valence-electron chi connectivity index (χ2n) is 6.34. The molecule has 1 saturated heterocycles. The van der Waals surface area contributed by atoms with Crippen molar-refractivity contribution in [3.05, 3.63) is 46.1 Å². The van der Waals surface area contributed by atoms with Crippen molar-refractivity contribution in [3.8, 4) is 0 Å². The van der Waals surface area contributed by atoms with E-state index >= 15 is 0 Å². The third kappa shape index (κ3) is 3.89. The van der Waals surface area contributed by atoms with E-state index in [0.717, 1.165) is 17.0 Å². The topological polar surface area (TPSA) is 66.7 Å². The molecule has 0 bridgehead atoms. The molecule has 0 aliphatic carbocycles. The highest BCUT2D eigenvalue weighted by molar-refractivity contribution is 7.89. The largest absolute Gasteiger partial charge is 0.444 e. The average Bonchev–Trinajstić information content (AvgIpc) is 2.88. The van der Waals surface area contributed by atoms with Crippen molar-refractivity contribution in [2.45, 2.75) is 32.2 Å². The van der Waals surface area contributed by atoms with E-state index in [0.29, 0.717) is 48.5 Å². The first-order valence-corrected chi connectivity index (χ1v) is 10.0. The van der Waals surface area contributed by atoms with Crippen LogP contribution in [0.2, 0.25) is 5.02 Å². The number of hydrogen-bond donors (Lipinski definition) is 0. The second kappa shape index (κ2) is 7.07. The molecular formula is C17H22ClN3O3S. The number of sulfonamides is 1. The van der Waals surface area contributed by atoms with Gasteiger partial charge in [-0.3, -0.25) is 4.90 Å². The van der Waals surface area contributed by atoms with E-state index in [1.807, 2.05) is 13.8 Å². The van der Waals surface area contributed by atoms with Crippen molar-refractivity contribution in [2.75, 3.05) is 26.2 Å². The van der Waals surface area contributed by atoms with E-state index in [9.17, 15) is 8.42 Å². The third-order valence-electron chi connectivity index (χ3n) is 4.53. The summed E-state index contributed by atoms with van der Waals surface area (Å²) in [6.07, 6.45) is 0. The van der Waals surface area contributed by atoms with Gasteiger partial charge in [0, 0.05) is 31.2 Å². The Morgan fingerprint density at radius 1 is 1.16 bits per heavy atom. The first-order valence-electron chi connectivity index (χ1n) is 8.19. The molecule has 0 amide bonds. The molecule has 136 valence electrons. The molecule has 0 N–H and O–H groups in total. The molecule has 0 saturated carbocycles. The molecule has 1 aromatic carbocycles. The highest BCUT2D eigenvalue weighted by Crippen LogP contribution is 2.23. The van der Waals surface area contributed by atoms with E-state index in [4.69, 9.17) is 16.0 Å². The Bertz CT molecular complexity index is 852. The first-order chi connectivity index (χ1) is 11.8. The van der Waals surface area contributed by atoms with Crippen molar-refractivity contribution < 1.29 is 12.8 Å². The minimum absolute atomic E-state index is 0.293. The number of benzene rings is 1. The van der Waals surface area contributed by atoms with Gasteiger partial charge in [0.15, 0.2) is 0 Å². The van der Waals surface area contributed by atoms with Gasteiger partial charge < -0.3 is 4.42 Å². The predicted molar refractivity (Wildman–Crippen MR) is 96.2 cm³/mol. The number of halogens is 1. The molecule has 1 aliphatic heterocycles. The quantitative estimate of drug-likeness (QED) is 0.812. The molecular weight excluding hydrogens is 362 g/mol. The summed E-state index contributed by atoms with van der Waals surface area (Å²) in [4.78, 5) is 6.83. The summed E-state index contributed by atoms with van der Waals surface area (Å²) < 4.78 is 32.7. The first kappa shape index (κ1) is 18.4. The summed E-state index contributed by atoms with van der Waals surface area (Å²) in [6.45, 7) is 8.40. The zero-order valence-electron chi connectivity index (χ0n) is 14.6. The zero-order valence-corrected chi connectivity index (χ0v) is 16.2. The van der Waals surface area contributed by atoms with Crippen LogP contribution in [0.15, 0.2) is 27.5 Å². The van der Waals surface area contributed by atoms with E-state index in [2.05, 4.69) is 9.88 Å². The number of oxazole rings is 1. The molecule has 2 aromatic rings. The lowest BCUT2D eigenvalue weighted by Crippen LogP contribution is -2.48. The van der Waals surface area contributed by atoms with E-state index in [1.165, 1.54) is 4.31 Å². The summed E-state index contributed by atoms with van der Waals surface area (Å²) in [5.74, 6) is 1.51. The maximum absolute atomic E-state index is 12.8. The third-order valence-corrected chi connectivity index (χ3v) is 6.85. The molecule has 1 aromatic heterocycles. The molecule has 6 nitrogen and oxygen atoms in total. The van der Waals surface area contributed by atoms with Crippen LogP contribution < -0.4 is 0 Å². The van der Waals surface area contributed by atoms with Gasteiger partial charge in [-0.25, -0.2) is 13.4 Å². The summed E-state index contributed by atoms with van der Waals surface area (Å²) in [5.41, 5.74) is 1.66. The zero-order chi connectivity index (χ0) is 18.2. The smallest absolute Gasteiger partial charge is 0.243 e. The maximum Gasteiger partial charge on any atom is 0.243 e. The molecule has 0 unspecified atom stereocenters. The van der Waals surface area contributed by atoms with Crippen molar-refractivity contribution in [1.29, 1.82) is 0 Å². The van der Waals surface area contributed by atoms with Crippen LogP contribution in [-0.2, 0) is 16.6 Å². The fourth-order valence-electron chi connectivity index (χ4n) is 2.85. The normalized spacial score (nSPS) is 17.1. The lowest BCUT2D eigenvalue weighted by molar-refractivity contribution is 0.167. The molecule has 2 heterocycles. The molecule has 1 aliphatic rings. The predicted octanol–water partition coefficient (Wildman–Crippen LogP) is 2.76. The SMILES string of the molecule is Cc1cc(S(=O)(=O)N2CCN(Cc3nc(C)c(C)o3)CC2)ccc1Cl. The highest BCUT2D eigenvalue weighted by Gasteiger charge is 2.29. The highest BCUT2D eigenvalue weighted by atomic mass is 35.5. The van der Waals surface area contributed by atoms with Gasteiger partial charge in [0.25, 0.3) is 0 Å². The lowest BCUT2D eigenvalue weighted by Gasteiger charge is -2.33. The number of aromatic nitrogens is 1.